The van der Waals surface area contributed by atoms with Crippen LogP contribution in [0.5, 0.6) is 0 Å². The van der Waals surface area contributed by atoms with Gasteiger partial charge in [-0.25, -0.2) is 18.6 Å². The number of halogens is 3. The van der Waals surface area contributed by atoms with E-state index in [1.165, 1.54) is 6.07 Å². The van der Waals surface area contributed by atoms with Crippen LogP contribution in [0.15, 0.2) is 24.4 Å². The van der Waals surface area contributed by atoms with Crippen LogP contribution in [0.25, 0.3) is 22.2 Å². The Morgan fingerprint density at radius 1 is 1.09 bits per heavy atom. The average Bonchev–Trinajstić information content (AvgIpc) is 3.24. The summed E-state index contributed by atoms with van der Waals surface area (Å²) in [6.07, 6.45) is 5.02. The van der Waals surface area contributed by atoms with Crippen molar-refractivity contribution in [3.05, 3.63) is 46.7 Å². The smallest absolute Gasteiger partial charge is 0.358 e. The first-order valence-corrected chi connectivity index (χ1v) is 14.2. The van der Waals surface area contributed by atoms with E-state index in [4.69, 9.17) is 17.3 Å². The molecule has 3 aromatic rings. The van der Waals surface area contributed by atoms with Crippen LogP contribution in [0, 0.1) is 11.6 Å². The number of nitrogens with zero attached hydrogens (tertiary/aromatic N) is 2. The number of hydrogen-bond donors (Lipinski definition) is 1. The highest BCUT2D eigenvalue weighted by Crippen LogP contribution is 2.38. The van der Waals surface area contributed by atoms with Gasteiger partial charge in [0, 0.05) is 10.9 Å². The van der Waals surface area contributed by atoms with E-state index in [1.54, 1.807) is 6.07 Å². The lowest BCUT2D eigenvalue weighted by Crippen LogP contribution is -2.42. The molecule has 0 saturated heterocycles. The molecule has 2 N–H and O–H groups in total. The molecule has 0 amide bonds. The maximum atomic E-state index is 16.1. The van der Waals surface area contributed by atoms with Gasteiger partial charge in [0.25, 0.3) is 0 Å². The van der Waals surface area contributed by atoms with E-state index < -0.39 is 31.5 Å². The molecule has 178 valence electrons. The number of fused-ring (bicyclic) bond motifs is 1. The number of aromatic nitrogens is 2. The number of hydrogen-bond acceptors (Lipinski definition) is 4. The van der Waals surface area contributed by atoms with Crippen molar-refractivity contribution in [3.63, 3.8) is 0 Å². The van der Waals surface area contributed by atoms with Crippen molar-refractivity contribution in [1.29, 1.82) is 0 Å². The van der Waals surface area contributed by atoms with Crippen molar-refractivity contribution in [1.82, 2.24) is 9.22 Å². The van der Waals surface area contributed by atoms with E-state index in [-0.39, 0.29) is 22.0 Å². The Labute approximate surface area is 199 Å². The van der Waals surface area contributed by atoms with Gasteiger partial charge in [-0.1, -0.05) is 57.7 Å². The van der Waals surface area contributed by atoms with Gasteiger partial charge < -0.3 is 14.7 Å². The van der Waals surface area contributed by atoms with Crippen molar-refractivity contribution in [2.75, 3.05) is 12.8 Å². The highest BCUT2D eigenvalue weighted by molar-refractivity contribution is 6.79. The largest absolute Gasteiger partial charge is 0.464 e. The summed E-state index contributed by atoms with van der Waals surface area (Å²) in [5, 5.41) is 0.389. The van der Waals surface area contributed by atoms with E-state index in [9.17, 15) is 4.79 Å². The van der Waals surface area contributed by atoms with Crippen molar-refractivity contribution in [3.8, 4) is 11.3 Å². The van der Waals surface area contributed by atoms with Gasteiger partial charge in [-0.2, -0.15) is 0 Å². The highest BCUT2D eigenvalue weighted by atomic mass is 35.5. The molecule has 1 aromatic carbocycles. The summed E-state index contributed by atoms with van der Waals surface area (Å²) in [6, 6.07) is 8.23. The van der Waals surface area contributed by atoms with Crippen molar-refractivity contribution < 1.29 is 18.3 Å². The van der Waals surface area contributed by atoms with E-state index in [0.717, 1.165) is 49.9 Å². The summed E-state index contributed by atoms with van der Waals surface area (Å²) in [5.74, 6) is -2.43. The predicted molar refractivity (Wildman–Crippen MR) is 132 cm³/mol. The van der Waals surface area contributed by atoms with Crippen LogP contribution >= 0.6 is 11.6 Å². The molecule has 0 atom stereocenters. The van der Waals surface area contributed by atoms with Crippen LogP contribution in [0.2, 0.25) is 23.2 Å². The lowest BCUT2D eigenvalue weighted by molar-refractivity contribution is 0.0594. The van der Waals surface area contributed by atoms with Gasteiger partial charge in [-0.3, -0.25) is 0 Å². The standard InChI is InChI=1S/C24H30ClF2N3O2Si/c1-5-12-33(13-6-2,14-7-3)30-11-10-15-8-9-16(18(26)23(15)30)21-19(27)20(28)17(25)22(29-21)24(31)32-4/h8-11H,5-7,12-14H2,1-4H3,(H2,28,29). The quantitative estimate of drug-likeness (QED) is 0.256. The number of benzene rings is 1. The molecule has 0 aliphatic carbocycles. The average molecular weight is 494 g/mol. The Balaban J connectivity index is 2.32. The monoisotopic (exact) mass is 493 g/mol. The minimum atomic E-state index is -2.06. The van der Waals surface area contributed by atoms with E-state index in [1.807, 2.05) is 12.3 Å². The van der Waals surface area contributed by atoms with Gasteiger partial charge in [-0.05, 0) is 36.5 Å². The van der Waals surface area contributed by atoms with Crippen molar-refractivity contribution in [2.45, 2.75) is 58.2 Å². The van der Waals surface area contributed by atoms with Gasteiger partial charge in [0.05, 0.1) is 23.3 Å². The first-order chi connectivity index (χ1) is 15.8. The first kappa shape index (κ1) is 25.2. The van der Waals surface area contributed by atoms with Crippen LogP contribution < -0.4 is 5.73 Å². The zero-order chi connectivity index (χ0) is 24.3. The minimum Gasteiger partial charge on any atom is -0.464 e. The topological polar surface area (TPSA) is 70.1 Å². The summed E-state index contributed by atoms with van der Waals surface area (Å²) < 4.78 is 38.1. The summed E-state index contributed by atoms with van der Waals surface area (Å²) >= 11 is 6.02. The predicted octanol–water partition coefficient (Wildman–Crippen LogP) is 7.03. The molecule has 33 heavy (non-hydrogen) atoms. The second-order valence-corrected chi connectivity index (χ2v) is 13.2. The maximum Gasteiger partial charge on any atom is 0.358 e. The Morgan fingerprint density at radius 2 is 1.70 bits per heavy atom. The summed E-state index contributed by atoms with van der Waals surface area (Å²) in [6.45, 7) is 6.47. The molecular formula is C24H30ClF2N3O2Si. The fourth-order valence-electron chi connectivity index (χ4n) is 4.87. The molecule has 3 rings (SSSR count). The van der Waals surface area contributed by atoms with Gasteiger partial charge in [0.15, 0.2) is 25.6 Å². The Bertz CT molecular complexity index is 1170. The lowest BCUT2D eigenvalue weighted by Gasteiger charge is -2.34. The zero-order valence-corrected chi connectivity index (χ0v) is 21.2. The van der Waals surface area contributed by atoms with E-state index >= 15 is 8.78 Å². The molecule has 0 aliphatic heterocycles. The first-order valence-electron chi connectivity index (χ1n) is 11.3. The van der Waals surface area contributed by atoms with Gasteiger partial charge in [0.2, 0.25) is 0 Å². The maximum absolute atomic E-state index is 16.1. The van der Waals surface area contributed by atoms with Gasteiger partial charge in [-0.15, -0.1) is 0 Å². The van der Waals surface area contributed by atoms with Crippen LogP contribution in [0.4, 0.5) is 14.5 Å². The lowest BCUT2D eigenvalue weighted by atomic mass is 10.1. The normalized spacial score (nSPS) is 11.8. The van der Waals surface area contributed by atoms with Crippen LogP contribution in [-0.2, 0) is 4.74 Å². The van der Waals surface area contributed by atoms with Crippen molar-refractivity contribution in [2.24, 2.45) is 0 Å². The number of carbonyl (C=O) groups excluding carboxylic acids is 1. The summed E-state index contributed by atoms with van der Waals surface area (Å²) in [4.78, 5) is 16.1. The van der Waals surface area contributed by atoms with Crippen molar-refractivity contribution >= 4 is 42.4 Å². The molecule has 0 spiro atoms. The minimum absolute atomic E-state index is 0.0686. The molecule has 0 fully saturated rings. The number of methoxy groups -OCH3 is 1. The number of esters is 1. The van der Waals surface area contributed by atoms with Gasteiger partial charge >= 0.3 is 5.97 Å². The molecule has 5 nitrogen and oxygen atoms in total. The molecule has 0 radical (unpaired) electrons. The number of ether oxygens (including phenoxy) is 1. The molecular weight excluding hydrogens is 464 g/mol. The Morgan fingerprint density at radius 3 is 2.24 bits per heavy atom. The van der Waals surface area contributed by atoms with Crippen LogP contribution in [0.1, 0.15) is 50.5 Å². The summed E-state index contributed by atoms with van der Waals surface area (Å²) in [7, 11) is -0.913. The zero-order valence-electron chi connectivity index (χ0n) is 19.5. The SMILES string of the molecule is CCC[Si](CCC)(CCC)n1ccc2ccc(-c3nc(C(=O)OC)c(Cl)c(N)c3F)c(F)c21. The van der Waals surface area contributed by atoms with E-state index in [2.05, 4.69) is 34.7 Å². The number of nitrogens with two attached hydrogens (primary N) is 1. The fourth-order valence-corrected chi connectivity index (χ4v) is 10.4. The molecule has 0 aliphatic rings. The third kappa shape index (κ3) is 4.38. The van der Waals surface area contributed by atoms with Crippen LogP contribution in [-0.4, -0.2) is 30.5 Å². The molecule has 0 unspecified atom stereocenters. The number of anilines is 1. The third-order valence-electron chi connectivity index (χ3n) is 6.19. The van der Waals surface area contributed by atoms with E-state index in [0.29, 0.717) is 5.52 Å². The fraction of sp³-hybridized carbons (Fsp3) is 0.417. The molecule has 0 bridgehead atoms. The molecule has 2 aromatic heterocycles. The number of rotatable bonds is 9. The third-order valence-corrected chi connectivity index (χ3v) is 12.3. The molecule has 2 heterocycles. The molecule has 9 heteroatoms. The Kier molecular flexibility index (Phi) is 7.79. The Hall–Kier alpha value is -2.45. The number of nitrogen functional groups attached to an aromatic ring is 1. The number of pyridine rings is 1. The second kappa shape index (κ2) is 10.2. The molecule has 0 saturated carbocycles. The van der Waals surface area contributed by atoms with Crippen LogP contribution in [0.3, 0.4) is 0 Å². The van der Waals surface area contributed by atoms with Gasteiger partial charge in [0.1, 0.15) is 5.69 Å². The highest BCUT2D eigenvalue weighted by Gasteiger charge is 2.35. The second-order valence-electron chi connectivity index (χ2n) is 8.37. The summed E-state index contributed by atoms with van der Waals surface area (Å²) in [5.41, 5.74) is 4.99. The number of carbonyl (C=O) groups is 1.